The van der Waals surface area contributed by atoms with Gasteiger partial charge < -0.3 is 48.0 Å². The first kappa shape index (κ1) is 68.4. The maximum atomic E-state index is 6.31. The van der Waals surface area contributed by atoms with Crippen LogP contribution in [0.15, 0.2) is 309 Å². The fourth-order valence-corrected chi connectivity index (χ4v) is 14.1. The maximum absolute atomic E-state index is 6.31. The van der Waals surface area contributed by atoms with E-state index < -0.39 is 0 Å². The number of hydrogen-bond acceptors (Lipinski definition) is 10. The molecule has 0 bridgehead atoms. The summed E-state index contributed by atoms with van der Waals surface area (Å²) in [6.45, 7) is 15.2. The molecule has 518 valence electrons. The molecule has 3 aliphatic rings. The fourth-order valence-electron chi connectivity index (χ4n) is 14.1. The van der Waals surface area contributed by atoms with Crippen LogP contribution >= 0.6 is 0 Å². The van der Waals surface area contributed by atoms with Crippen molar-refractivity contribution in [3.05, 3.63) is 326 Å². The van der Waals surface area contributed by atoms with Crippen molar-refractivity contribution in [3.8, 4) is 33.4 Å². The van der Waals surface area contributed by atoms with E-state index in [4.69, 9.17) is 28.4 Å². The Balaban J connectivity index is 0.649. The Morgan fingerprint density at radius 3 is 0.544 bits per heavy atom. The fraction of sp³-hybridized carbons (Fsp3) is 0.226. The highest BCUT2D eigenvalue weighted by Gasteiger charge is 2.39. The summed E-state index contributed by atoms with van der Waals surface area (Å²) in [7, 11) is 0. The predicted octanol–water partition coefficient (Wildman–Crippen LogP) is 23.4. The molecule has 15 rings (SSSR count). The van der Waals surface area contributed by atoms with Gasteiger partial charge in [0.1, 0.15) is 0 Å². The number of benzene rings is 12. The second kappa shape index (κ2) is 31.5. The molecule has 103 heavy (non-hydrogen) atoms. The molecule has 0 atom stereocenters. The molecule has 12 aromatic carbocycles. The minimum Gasteiger partial charge on any atom is -0.380 e. The molecule has 0 spiro atoms. The summed E-state index contributed by atoms with van der Waals surface area (Å²) in [4.78, 5) is 9.28. The summed E-state index contributed by atoms with van der Waals surface area (Å²) < 4.78 is 35.4. The summed E-state index contributed by atoms with van der Waals surface area (Å²) >= 11 is 0. The Labute approximate surface area is 607 Å². The zero-order valence-corrected chi connectivity index (χ0v) is 59.3. The molecular weight excluding hydrogens is 1270 g/mol. The number of hydrogen-bond donors (Lipinski definition) is 0. The first-order valence-electron chi connectivity index (χ1n) is 36.4. The normalized spacial score (nSPS) is 14.7. The second-order valence-electron chi connectivity index (χ2n) is 28.1. The highest BCUT2D eigenvalue weighted by atomic mass is 16.5. The molecule has 12 aromatic rings. The standard InChI is InChI=1S/C93H90N4O6/c1-4-91(64-101-65-91)61-98-58-70-22-40-82(41-23-70)94(79-16-10-7-11-17-79)85-46-28-73(29-47-85)75-32-50-87(51-33-75)96(81-20-14-9-15-21-81)88-52-34-76(35-53-88)78-38-56-90(57-39-78)97(84-44-26-72(27-45-84)60-100-63-93(6-3)68-103-69-93)89-54-36-77(37-55-89)74-30-48-86(49-31-74)95(80-18-12-8-13-19-80)83-42-24-71(25-43-83)59-99-62-92(5-2)66-102-67-92/h7-57H,4-6,58-69H2,1-3H3. The molecule has 3 aliphatic heterocycles. The van der Waals surface area contributed by atoms with E-state index in [1.54, 1.807) is 0 Å². The highest BCUT2D eigenvalue weighted by Crippen LogP contribution is 2.43. The SMILES string of the molecule is CCC1(COCc2ccc(N(c3ccccc3)c3ccc(-c4ccc(N(c5ccccc5)c5ccc(-c6ccc(N(c7ccc(COCC8(CC)COC8)cc7)c7ccc(-c8ccc(N(c9ccccc9)c9ccc(COCC%10(CC)COC%10)cc9)cc8)cc7)cc6)cc5)cc4)cc3)cc2)COC1. The lowest BCUT2D eigenvalue weighted by Crippen LogP contribution is -2.45. The van der Waals surface area contributed by atoms with Gasteiger partial charge >= 0.3 is 0 Å². The van der Waals surface area contributed by atoms with Crippen LogP contribution in [0.2, 0.25) is 0 Å². The molecule has 0 saturated carbocycles. The van der Waals surface area contributed by atoms with Crippen LogP contribution in [0.5, 0.6) is 0 Å². The van der Waals surface area contributed by atoms with Crippen molar-refractivity contribution < 1.29 is 28.4 Å². The maximum Gasteiger partial charge on any atom is 0.0717 e. The second-order valence-corrected chi connectivity index (χ2v) is 28.1. The first-order valence-corrected chi connectivity index (χ1v) is 36.4. The third-order valence-electron chi connectivity index (χ3n) is 21.1. The summed E-state index contributed by atoms with van der Waals surface area (Å²) in [6, 6.07) is 112. The third kappa shape index (κ3) is 15.5. The molecule has 3 fully saturated rings. The number of para-hydroxylation sites is 3. The molecule has 0 aromatic heterocycles. The van der Waals surface area contributed by atoms with Gasteiger partial charge in [-0.2, -0.15) is 0 Å². The molecule has 0 N–H and O–H groups in total. The van der Waals surface area contributed by atoms with Crippen LogP contribution in [0.3, 0.4) is 0 Å². The van der Waals surface area contributed by atoms with Crippen LogP contribution in [-0.4, -0.2) is 59.5 Å². The van der Waals surface area contributed by atoms with Gasteiger partial charge in [-0.05, 0) is 215 Å². The van der Waals surface area contributed by atoms with Crippen molar-refractivity contribution >= 4 is 68.2 Å². The topological polar surface area (TPSA) is 68.3 Å². The van der Waals surface area contributed by atoms with Gasteiger partial charge in [0.25, 0.3) is 0 Å². The molecular formula is C93H90N4O6. The Morgan fingerprint density at radius 1 is 0.223 bits per heavy atom. The molecule has 3 saturated heterocycles. The molecule has 0 unspecified atom stereocenters. The van der Waals surface area contributed by atoms with Gasteiger partial charge in [0, 0.05) is 84.5 Å². The quantitative estimate of drug-likeness (QED) is 0.0435. The van der Waals surface area contributed by atoms with E-state index in [2.05, 4.69) is 350 Å². The van der Waals surface area contributed by atoms with E-state index in [0.717, 1.165) is 190 Å². The van der Waals surface area contributed by atoms with Gasteiger partial charge in [-0.1, -0.05) is 185 Å². The van der Waals surface area contributed by atoms with E-state index in [9.17, 15) is 0 Å². The molecule has 10 heteroatoms. The van der Waals surface area contributed by atoms with Crippen LogP contribution in [0.25, 0.3) is 33.4 Å². The first-order chi connectivity index (χ1) is 50.7. The van der Waals surface area contributed by atoms with Crippen LogP contribution in [0, 0.1) is 16.2 Å². The average molecular weight is 1360 g/mol. The largest absolute Gasteiger partial charge is 0.380 e. The highest BCUT2D eigenvalue weighted by molar-refractivity contribution is 5.85. The van der Waals surface area contributed by atoms with E-state index in [0.29, 0.717) is 26.4 Å². The Bertz CT molecular complexity index is 4630. The van der Waals surface area contributed by atoms with Crippen molar-refractivity contribution in [2.45, 2.75) is 59.9 Å². The smallest absolute Gasteiger partial charge is 0.0717 e. The molecule has 0 aliphatic carbocycles. The van der Waals surface area contributed by atoms with Crippen molar-refractivity contribution in [1.82, 2.24) is 0 Å². The van der Waals surface area contributed by atoms with E-state index in [-0.39, 0.29) is 16.2 Å². The van der Waals surface area contributed by atoms with Crippen LogP contribution in [0.1, 0.15) is 56.7 Å². The molecule has 0 radical (unpaired) electrons. The monoisotopic (exact) mass is 1360 g/mol. The van der Waals surface area contributed by atoms with Crippen LogP contribution in [0.4, 0.5) is 68.2 Å². The van der Waals surface area contributed by atoms with Gasteiger partial charge in [-0.15, -0.1) is 0 Å². The van der Waals surface area contributed by atoms with E-state index >= 15 is 0 Å². The lowest BCUT2D eigenvalue weighted by atomic mass is 9.84. The average Bonchev–Trinajstić information content (AvgIpc) is 0.799. The summed E-state index contributed by atoms with van der Waals surface area (Å²) in [5.41, 5.74) is 23.6. The van der Waals surface area contributed by atoms with Gasteiger partial charge in [0.05, 0.1) is 79.3 Å². The zero-order valence-electron chi connectivity index (χ0n) is 59.3. The predicted molar refractivity (Wildman–Crippen MR) is 421 cm³/mol. The number of nitrogens with zero attached hydrogens (tertiary/aromatic N) is 4. The Morgan fingerprint density at radius 2 is 0.388 bits per heavy atom. The van der Waals surface area contributed by atoms with Crippen molar-refractivity contribution in [2.24, 2.45) is 16.2 Å². The number of anilines is 12. The Hall–Kier alpha value is -10.4. The molecule has 10 nitrogen and oxygen atoms in total. The van der Waals surface area contributed by atoms with Crippen molar-refractivity contribution in [3.63, 3.8) is 0 Å². The van der Waals surface area contributed by atoms with Crippen molar-refractivity contribution in [2.75, 3.05) is 79.1 Å². The van der Waals surface area contributed by atoms with E-state index in [1.807, 2.05) is 0 Å². The van der Waals surface area contributed by atoms with E-state index in [1.165, 1.54) is 0 Å². The minimum absolute atomic E-state index is 0.131. The van der Waals surface area contributed by atoms with Gasteiger partial charge in [0.2, 0.25) is 0 Å². The summed E-state index contributed by atoms with van der Waals surface area (Å²) in [6.07, 6.45) is 3.18. The molecule has 0 amide bonds. The van der Waals surface area contributed by atoms with Crippen molar-refractivity contribution in [1.29, 1.82) is 0 Å². The summed E-state index contributed by atoms with van der Waals surface area (Å²) in [5.74, 6) is 0. The lowest BCUT2D eigenvalue weighted by molar-refractivity contribution is -0.152. The lowest BCUT2D eigenvalue weighted by Gasteiger charge is -2.40. The Kier molecular flexibility index (Phi) is 20.9. The number of ether oxygens (including phenoxy) is 6. The van der Waals surface area contributed by atoms with Crippen LogP contribution < -0.4 is 19.6 Å². The van der Waals surface area contributed by atoms with Crippen LogP contribution in [-0.2, 0) is 48.2 Å². The minimum atomic E-state index is 0.131. The van der Waals surface area contributed by atoms with Gasteiger partial charge in [-0.25, -0.2) is 0 Å². The van der Waals surface area contributed by atoms with Gasteiger partial charge in [0.15, 0.2) is 0 Å². The summed E-state index contributed by atoms with van der Waals surface area (Å²) in [5, 5.41) is 0. The number of rotatable bonds is 30. The van der Waals surface area contributed by atoms with Gasteiger partial charge in [-0.3, -0.25) is 0 Å². The zero-order chi connectivity index (χ0) is 69.8. The molecule has 3 heterocycles. The third-order valence-corrected chi connectivity index (χ3v) is 21.1.